The molecule has 8 heteroatoms. The minimum absolute atomic E-state index is 0.0857. The first-order chi connectivity index (χ1) is 25.7. The fourth-order valence-corrected chi connectivity index (χ4v) is 9.19. The van der Waals surface area contributed by atoms with E-state index in [9.17, 15) is 13.0 Å². The first kappa shape index (κ1) is 39.1. The molecule has 0 unspecified atom stereocenters. The minimum Gasteiger partial charge on any atom is -0.382 e. The maximum atomic E-state index is 13.3. The molecule has 0 aromatic heterocycles. The van der Waals surface area contributed by atoms with Gasteiger partial charge in [0.1, 0.15) is 4.90 Å². The molecular weight excluding hydrogens is 689 g/mol. The van der Waals surface area contributed by atoms with Gasteiger partial charge in [-0.25, -0.2) is 0 Å². The smallest absolute Gasteiger partial charge is 0.294 e. The predicted octanol–water partition coefficient (Wildman–Crippen LogP) is 9.89. The van der Waals surface area contributed by atoms with Crippen LogP contribution < -0.4 is 20.4 Å². The van der Waals surface area contributed by atoms with E-state index in [0.717, 1.165) is 61.5 Å². The Morgan fingerprint density at radius 1 is 0.685 bits per heavy atom. The van der Waals surface area contributed by atoms with Crippen LogP contribution in [0.3, 0.4) is 0 Å². The van der Waals surface area contributed by atoms with Gasteiger partial charge < -0.3 is 20.4 Å². The lowest BCUT2D eigenvalue weighted by Crippen LogP contribution is -2.60. The van der Waals surface area contributed by atoms with Gasteiger partial charge in [0.2, 0.25) is 0 Å². The van der Waals surface area contributed by atoms with Gasteiger partial charge in [-0.2, -0.15) is 8.42 Å². The molecule has 1 aliphatic heterocycles. The zero-order chi connectivity index (χ0) is 38.5. The van der Waals surface area contributed by atoms with Gasteiger partial charge in [-0.1, -0.05) is 91.0 Å². The van der Waals surface area contributed by atoms with Gasteiger partial charge in [0.05, 0.1) is 0 Å². The van der Waals surface area contributed by atoms with E-state index in [0.29, 0.717) is 11.3 Å². The third kappa shape index (κ3) is 9.72. The van der Waals surface area contributed by atoms with Gasteiger partial charge in [-0.05, 0) is 119 Å². The average Bonchev–Trinajstić information content (AvgIpc) is 3.13. The molecule has 1 fully saturated rings. The highest BCUT2D eigenvalue weighted by Gasteiger charge is 2.38. The molecule has 0 saturated carbocycles. The van der Waals surface area contributed by atoms with Crippen LogP contribution in [0.15, 0.2) is 132 Å². The molecule has 1 saturated heterocycles. The molecule has 0 atom stereocenters. The summed E-state index contributed by atoms with van der Waals surface area (Å²) in [4.78, 5) is 4.56. The number of hydrogen-bond donors (Lipinski definition) is 3. The third-order valence-electron chi connectivity index (χ3n) is 10.5. The second-order valence-corrected chi connectivity index (χ2v) is 17.4. The molecular formula is C46H56N4O3S. The van der Waals surface area contributed by atoms with Crippen LogP contribution in [0.4, 0.5) is 17.1 Å². The quantitative estimate of drug-likeness (QED) is 0.0771. The maximum absolute atomic E-state index is 13.3. The van der Waals surface area contributed by atoms with Gasteiger partial charge >= 0.3 is 0 Å². The summed E-state index contributed by atoms with van der Waals surface area (Å²) in [6, 6.07) is 43.3. The van der Waals surface area contributed by atoms with Crippen molar-refractivity contribution in [1.82, 2.24) is 5.32 Å². The fourth-order valence-electron chi connectivity index (χ4n) is 8.43. The fraction of sp³-hybridized carbons (Fsp3) is 0.348. The monoisotopic (exact) mass is 744 g/mol. The lowest BCUT2D eigenvalue weighted by molar-refractivity contribution is 0.170. The van der Waals surface area contributed by atoms with E-state index in [1.165, 1.54) is 11.1 Å². The minimum atomic E-state index is -4.59. The van der Waals surface area contributed by atoms with Crippen LogP contribution in [0.5, 0.6) is 0 Å². The molecule has 0 radical (unpaired) electrons. The standard InChI is InChI=1S/C46H56N4O3S/c1-7-49(32-34-15-11-9-12-16-34)40-24-19-36(20-25-40)44(37-21-26-41(27-22-37)50(8-2)33-35-17-13-10-14-18-35)42-28-23-38(29-43(42)54(51,52)53)47-39-30-45(3,4)48-46(5,6)31-39/h9-29,39,44,47-48H,7-8,30-33H2,1-6H3,(H,51,52,53). The van der Waals surface area contributed by atoms with Crippen molar-refractivity contribution in [3.05, 3.63) is 155 Å². The van der Waals surface area contributed by atoms with Crippen LogP contribution in [0, 0.1) is 0 Å². The van der Waals surface area contributed by atoms with E-state index in [-0.39, 0.29) is 22.0 Å². The lowest BCUT2D eigenvalue weighted by Gasteiger charge is -2.47. The number of nitrogens with one attached hydrogen (secondary N) is 2. The average molecular weight is 745 g/mol. The molecule has 0 amide bonds. The van der Waals surface area contributed by atoms with Gasteiger partial charge in [0, 0.05) is 66.3 Å². The molecule has 0 bridgehead atoms. The van der Waals surface area contributed by atoms with Crippen molar-refractivity contribution in [1.29, 1.82) is 0 Å². The second-order valence-electron chi connectivity index (χ2n) is 16.0. The lowest BCUT2D eigenvalue weighted by atomic mass is 9.79. The zero-order valence-electron chi connectivity index (χ0n) is 32.6. The van der Waals surface area contributed by atoms with E-state index in [1.54, 1.807) is 6.07 Å². The van der Waals surface area contributed by atoms with Crippen molar-refractivity contribution < 1.29 is 13.0 Å². The Balaban J connectivity index is 1.38. The highest BCUT2D eigenvalue weighted by molar-refractivity contribution is 7.85. The molecule has 5 aromatic rings. The maximum Gasteiger partial charge on any atom is 0.294 e. The van der Waals surface area contributed by atoms with Gasteiger partial charge in [-0.3, -0.25) is 4.55 Å². The summed E-state index contributed by atoms with van der Waals surface area (Å²) in [7, 11) is -4.59. The molecule has 1 heterocycles. The van der Waals surface area contributed by atoms with Crippen molar-refractivity contribution in [3.63, 3.8) is 0 Å². The number of rotatable bonds is 14. The van der Waals surface area contributed by atoms with Crippen LogP contribution >= 0.6 is 0 Å². The van der Waals surface area contributed by atoms with E-state index in [4.69, 9.17) is 0 Å². The van der Waals surface area contributed by atoms with Crippen molar-refractivity contribution in [3.8, 4) is 0 Å². The van der Waals surface area contributed by atoms with Crippen molar-refractivity contribution in [2.75, 3.05) is 28.2 Å². The third-order valence-corrected chi connectivity index (χ3v) is 11.5. The van der Waals surface area contributed by atoms with E-state index < -0.39 is 16.0 Å². The van der Waals surface area contributed by atoms with Crippen molar-refractivity contribution in [2.24, 2.45) is 0 Å². The summed E-state index contributed by atoms with van der Waals surface area (Å²) in [5.41, 5.74) is 7.54. The number of benzene rings is 5. The van der Waals surface area contributed by atoms with Crippen LogP contribution in [0.2, 0.25) is 0 Å². The molecule has 5 aromatic carbocycles. The molecule has 3 N–H and O–H groups in total. The van der Waals surface area contributed by atoms with Gasteiger partial charge in [0.15, 0.2) is 0 Å². The highest BCUT2D eigenvalue weighted by Crippen LogP contribution is 2.39. The number of anilines is 3. The summed E-state index contributed by atoms with van der Waals surface area (Å²) >= 11 is 0. The van der Waals surface area contributed by atoms with Crippen LogP contribution in [0.1, 0.15) is 88.1 Å². The van der Waals surface area contributed by atoms with Crippen LogP contribution in [-0.2, 0) is 23.2 Å². The van der Waals surface area contributed by atoms with E-state index in [1.807, 2.05) is 24.3 Å². The van der Waals surface area contributed by atoms with Crippen LogP contribution in [-0.4, -0.2) is 43.2 Å². The van der Waals surface area contributed by atoms with Gasteiger partial charge in [0.25, 0.3) is 10.1 Å². The Hall–Kier alpha value is -4.63. The Bertz CT molecular complexity index is 1980. The SMILES string of the molecule is CCN(Cc1ccccc1)c1ccc(C(c2ccc(N(CC)Cc3ccccc3)cc2)c2ccc(NC3CC(C)(C)NC(C)(C)C3)cc2S(=O)(=O)O)cc1. The highest BCUT2D eigenvalue weighted by atomic mass is 32.2. The Labute approximate surface area is 323 Å². The summed E-state index contributed by atoms with van der Waals surface area (Å²) in [6.07, 6.45) is 1.75. The number of nitrogens with zero attached hydrogens (tertiary/aromatic N) is 2. The van der Waals surface area contributed by atoms with Crippen LogP contribution in [0.25, 0.3) is 0 Å². The molecule has 54 heavy (non-hydrogen) atoms. The zero-order valence-corrected chi connectivity index (χ0v) is 33.4. The second kappa shape index (κ2) is 16.4. The molecule has 1 aliphatic rings. The van der Waals surface area contributed by atoms with E-state index in [2.05, 4.69) is 159 Å². The predicted molar refractivity (Wildman–Crippen MR) is 224 cm³/mol. The first-order valence-electron chi connectivity index (χ1n) is 19.2. The Morgan fingerprint density at radius 3 is 1.54 bits per heavy atom. The molecule has 0 aliphatic carbocycles. The Kier molecular flexibility index (Phi) is 11.9. The molecule has 6 rings (SSSR count). The van der Waals surface area contributed by atoms with E-state index >= 15 is 0 Å². The first-order valence-corrected chi connectivity index (χ1v) is 20.6. The summed E-state index contributed by atoms with van der Waals surface area (Å²) < 4.78 is 37.4. The number of hydrogen-bond acceptors (Lipinski definition) is 6. The molecule has 7 nitrogen and oxygen atoms in total. The molecule has 0 spiro atoms. The van der Waals surface area contributed by atoms with Gasteiger partial charge in [-0.15, -0.1) is 0 Å². The normalized spacial score (nSPS) is 15.6. The summed E-state index contributed by atoms with van der Waals surface area (Å²) in [5, 5.41) is 7.33. The molecule has 284 valence electrons. The summed E-state index contributed by atoms with van der Waals surface area (Å²) in [6.45, 7) is 16.3. The largest absolute Gasteiger partial charge is 0.382 e. The number of piperidine rings is 1. The van der Waals surface area contributed by atoms with Crippen molar-refractivity contribution in [2.45, 2.75) is 95.4 Å². The van der Waals surface area contributed by atoms with Crippen molar-refractivity contribution >= 4 is 27.2 Å². The topological polar surface area (TPSA) is 84.9 Å². The Morgan fingerprint density at radius 2 is 1.13 bits per heavy atom. The summed E-state index contributed by atoms with van der Waals surface area (Å²) in [5.74, 6) is -0.454.